The van der Waals surface area contributed by atoms with Gasteiger partial charge in [-0.3, -0.25) is 19.4 Å². The molecule has 0 spiro atoms. The number of anilines is 1. The van der Waals surface area contributed by atoms with Gasteiger partial charge in [0.15, 0.2) is 0 Å². The maximum Gasteiger partial charge on any atom is 0.244 e. The van der Waals surface area contributed by atoms with Crippen molar-refractivity contribution >= 4 is 17.5 Å². The van der Waals surface area contributed by atoms with Gasteiger partial charge in [-0.2, -0.15) is 5.26 Å². The van der Waals surface area contributed by atoms with Gasteiger partial charge >= 0.3 is 0 Å². The Kier molecular flexibility index (Phi) is 8.42. The second-order valence-electron chi connectivity index (χ2n) is 7.36. The van der Waals surface area contributed by atoms with Gasteiger partial charge < -0.3 is 9.80 Å². The third-order valence-corrected chi connectivity index (χ3v) is 5.17. The van der Waals surface area contributed by atoms with Gasteiger partial charge in [-0.25, -0.2) is 0 Å². The van der Waals surface area contributed by atoms with E-state index in [9.17, 15) is 9.59 Å². The third kappa shape index (κ3) is 6.04. The van der Waals surface area contributed by atoms with E-state index in [1.54, 1.807) is 23.9 Å². The molecule has 1 unspecified atom stereocenters. The maximum absolute atomic E-state index is 13.2. The number of likely N-dealkylation sites (N-methyl/N-ethyl adjacent to an activating group) is 1. The van der Waals surface area contributed by atoms with Crippen molar-refractivity contribution in [3.8, 4) is 6.07 Å². The molecule has 0 saturated carbocycles. The summed E-state index contributed by atoms with van der Waals surface area (Å²) in [7, 11) is 3.54. The minimum absolute atomic E-state index is 0.0132. The highest BCUT2D eigenvalue weighted by atomic mass is 16.2. The highest BCUT2D eigenvalue weighted by Gasteiger charge is 2.28. The summed E-state index contributed by atoms with van der Waals surface area (Å²) in [6.45, 7) is 5.93. The van der Waals surface area contributed by atoms with Crippen LogP contribution in [0.5, 0.6) is 0 Å². The first kappa shape index (κ1) is 21.9. The molecule has 28 heavy (non-hydrogen) atoms. The summed E-state index contributed by atoms with van der Waals surface area (Å²) in [5.74, 6) is 0.114. The van der Waals surface area contributed by atoms with Gasteiger partial charge in [-0.05, 0) is 32.0 Å². The van der Waals surface area contributed by atoms with Crippen LogP contribution in [-0.4, -0.2) is 85.9 Å². The van der Waals surface area contributed by atoms with Crippen molar-refractivity contribution in [1.82, 2.24) is 14.7 Å². The molecule has 0 N–H and O–H groups in total. The summed E-state index contributed by atoms with van der Waals surface area (Å²) in [5.41, 5.74) is 0.822. The molecule has 1 atom stereocenters. The van der Waals surface area contributed by atoms with Gasteiger partial charge in [0, 0.05) is 46.0 Å². The van der Waals surface area contributed by atoms with Crippen LogP contribution in [0.2, 0.25) is 0 Å². The molecular weight excluding hydrogens is 354 g/mol. The monoisotopic (exact) mass is 385 g/mol. The van der Waals surface area contributed by atoms with Crippen molar-refractivity contribution in [3.63, 3.8) is 0 Å². The first-order chi connectivity index (χ1) is 13.4. The normalized spacial score (nSPS) is 16.6. The molecule has 1 aromatic carbocycles. The van der Waals surface area contributed by atoms with Crippen LogP contribution in [-0.2, 0) is 9.59 Å². The van der Waals surface area contributed by atoms with E-state index in [0.717, 1.165) is 38.3 Å². The Labute approximate surface area is 168 Å². The molecule has 1 saturated heterocycles. The second kappa shape index (κ2) is 10.8. The summed E-state index contributed by atoms with van der Waals surface area (Å²) in [5, 5.41) is 8.97. The third-order valence-electron chi connectivity index (χ3n) is 5.17. The SMILES string of the molecule is CC(C(=O)N(CCC#N)c1ccccc1)N1CCCN(CC(=O)N(C)C)CC1. The zero-order chi connectivity index (χ0) is 20.5. The summed E-state index contributed by atoms with van der Waals surface area (Å²) in [6.07, 6.45) is 1.22. The Balaban J connectivity index is 2.02. The van der Waals surface area contributed by atoms with Gasteiger partial charge in [0.05, 0.1) is 25.1 Å². The number of benzene rings is 1. The van der Waals surface area contributed by atoms with Crippen LogP contribution in [0.15, 0.2) is 30.3 Å². The Morgan fingerprint density at radius 1 is 1.14 bits per heavy atom. The van der Waals surface area contributed by atoms with Gasteiger partial charge in [0.25, 0.3) is 0 Å². The van der Waals surface area contributed by atoms with Crippen LogP contribution in [0.1, 0.15) is 19.8 Å². The van der Waals surface area contributed by atoms with Crippen molar-refractivity contribution in [2.45, 2.75) is 25.8 Å². The smallest absolute Gasteiger partial charge is 0.244 e. The molecule has 0 aliphatic carbocycles. The lowest BCUT2D eigenvalue weighted by molar-refractivity contribution is -0.130. The van der Waals surface area contributed by atoms with Crippen LogP contribution in [0, 0.1) is 11.3 Å². The molecule has 1 heterocycles. The fourth-order valence-corrected chi connectivity index (χ4v) is 3.39. The number of amides is 2. The average Bonchev–Trinajstić information content (AvgIpc) is 2.93. The molecule has 1 fully saturated rings. The number of carbonyl (C=O) groups is 2. The lowest BCUT2D eigenvalue weighted by atomic mass is 10.2. The largest absolute Gasteiger partial charge is 0.348 e. The van der Waals surface area contributed by atoms with Gasteiger partial charge in [0.1, 0.15) is 0 Å². The van der Waals surface area contributed by atoms with Crippen molar-refractivity contribution in [1.29, 1.82) is 5.26 Å². The van der Waals surface area contributed by atoms with Gasteiger partial charge in [-0.15, -0.1) is 0 Å². The molecule has 2 amide bonds. The number of carbonyl (C=O) groups excluding carboxylic acids is 2. The van der Waals surface area contributed by atoms with E-state index in [1.807, 2.05) is 37.3 Å². The first-order valence-corrected chi connectivity index (χ1v) is 9.84. The summed E-state index contributed by atoms with van der Waals surface area (Å²) >= 11 is 0. The number of para-hydroxylation sites is 1. The Bertz CT molecular complexity index is 686. The maximum atomic E-state index is 13.2. The molecule has 0 radical (unpaired) electrons. The second-order valence-corrected chi connectivity index (χ2v) is 7.36. The predicted octanol–water partition coefficient (Wildman–Crippen LogP) is 1.42. The zero-order valence-electron chi connectivity index (χ0n) is 17.2. The number of nitriles is 1. The summed E-state index contributed by atoms with van der Waals surface area (Å²) in [4.78, 5) is 32.9. The van der Waals surface area contributed by atoms with Gasteiger partial charge in [0.2, 0.25) is 11.8 Å². The number of rotatable bonds is 7. The van der Waals surface area contributed by atoms with Crippen LogP contribution in [0.25, 0.3) is 0 Å². The molecule has 1 aliphatic heterocycles. The molecule has 7 nitrogen and oxygen atoms in total. The molecule has 152 valence electrons. The van der Waals surface area contributed by atoms with Crippen molar-refractivity contribution < 1.29 is 9.59 Å². The fourth-order valence-electron chi connectivity index (χ4n) is 3.39. The van der Waals surface area contributed by atoms with E-state index < -0.39 is 0 Å². The minimum atomic E-state index is -0.275. The number of nitrogens with zero attached hydrogens (tertiary/aromatic N) is 5. The van der Waals surface area contributed by atoms with Gasteiger partial charge in [-0.1, -0.05) is 18.2 Å². The number of hydrogen-bond acceptors (Lipinski definition) is 5. The molecule has 0 aromatic heterocycles. The van der Waals surface area contributed by atoms with Crippen molar-refractivity contribution in [3.05, 3.63) is 30.3 Å². The topological polar surface area (TPSA) is 70.9 Å². The summed E-state index contributed by atoms with van der Waals surface area (Å²) < 4.78 is 0. The molecule has 1 aliphatic rings. The predicted molar refractivity (Wildman–Crippen MR) is 110 cm³/mol. The van der Waals surface area contributed by atoms with Crippen LogP contribution >= 0.6 is 0 Å². The van der Waals surface area contributed by atoms with Crippen LogP contribution in [0.3, 0.4) is 0 Å². The van der Waals surface area contributed by atoms with Crippen LogP contribution < -0.4 is 4.90 Å². The quantitative estimate of drug-likeness (QED) is 0.710. The van der Waals surface area contributed by atoms with Crippen LogP contribution in [0.4, 0.5) is 5.69 Å². The standard InChI is InChI=1S/C21H31N5O2/c1-18(21(28)26(14-7-11-22)19-9-5-4-6-10-19)25-13-8-12-24(15-16-25)17-20(27)23(2)3/h4-6,9-10,18H,7-8,12-17H2,1-3H3. The highest BCUT2D eigenvalue weighted by Crippen LogP contribution is 2.18. The zero-order valence-corrected chi connectivity index (χ0v) is 17.2. The molecule has 7 heteroatoms. The highest BCUT2D eigenvalue weighted by molar-refractivity contribution is 5.97. The lowest BCUT2D eigenvalue weighted by Gasteiger charge is -2.32. The molecule has 2 rings (SSSR count). The minimum Gasteiger partial charge on any atom is -0.348 e. The molecular formula is C21H31N5O2. The Morgan fingerprint density at radius 3 is 2.50 bits per heavy atom. The molecule has 0 bridgehead atoms. The fraction of sp³-hybridized carbons (Fsp3) is 0.571. The van der Waals surface area contributed by atoms with E-state index in [2.05, 4.69) is 15.9 Å². The lowest BCUT2D eigenvalue weighted by Crippen LogP contribution is -2.49. The average molecular weight is 386 g/mol. The number of hydrogen-bond donors (Lipinski definition) is 0. The van der Waals surface area contributed by atoms with Crippen molar-refractivity contribution in [2.24, 2.45) is 0 Å². The molecule has 1 aromatic rings. The Hall–Kier alpha value is -2.43. The van der Waals surface area contributed by atoms with E-state index in [0.29, 0.717) is 19.5 Å². The van der Waals surface area contributed by atoms with E-state index >= 15 is 0 Å². The first-order valence-electron chi connectivity index (χ1n) is 9.84. The van der Waals surface area contributed by atoms with E-state index in [1.165, 1.54) is 0 Å². The van der Waals surface area contributed by atoms with E-state index in [4.69, 9.17) is 5.26 Å². The van der Waals surface area contributed by atoms with E-state index in [-0.39, 0.29) is 17.9 Å². The Morgan fingerprint density at radius 2 is 1.86 bits per heavy atom. The van der Waals surface area contributed by atoms with Crippen molar-refractivity contribution in [2.75, 3.05) is 58.3 Å². The summed E-state index contributed by atoms with van der Waals surface area (Å²) in [6, 6.07) is 11.4.